The predicted octanol–water partition coefficient (Wildman–Crippen LogP) is 1.43. The predicted molar refractivity (Wildman–Crippen MR) is 59.9 cm³/mol. The maximum absolute atomic E-state index is 5.56. The molecule has 0 saturated carbocycles. The van der Waals surface area contributed by atoms with Gasteiger partial charge in [-0.25, -0.2) is 0 Å². The Morgan fingerprint density at radius 3 is 3.00 bits per heavy atom. The van der Waals surface area contributed by atoms with Crippen LogP contribution in [0.2, 0.25) is 0 Å². The molecule has 2 saturated heterocycles. The van der Waals surface area contributed by atoms with Gasteiger partial charge >= 0.3 is 0 Å². The van der Waals surface area contributed by atoms with Gasteiger partial charge in [0.25, 0.3) is 0 Å². The average molecular weight is 213 g/mol. The fourth-order valence-corrected chi connectivity index (χ4v) is 3.00. The Labute approximate surface area is 92.5 Å². The molecule has 0 aliphatic carbocycles. The van der Waals surface area contributed by atoms with E-state index in [9.17, 15) is 0 Å². The van der Waals surface area contributed by atoms with Crippen molar-refractivity contribution in [1.29, 1.82) is 0 Å². The first kappa shape index (κ1) is 11.4. The molecule has 0 aromatic carbocycles. The molecule has 0 spiro atoms. The molecule has 15 heavy (non-hydrogen) atoms. The Morgan fingerprint density at radius 2 is 2.33 bits per heavy atom. The molecule has 2 fully saturated rings. The van der Waals surface area contributed by atoms with Crippen molar-refractivity contribution in [1.82, 2.24) is 5.32 Å². The molecule has 2 aliphatic rings. The van der Waals surface area contributed by atoms with Crippen LogP contribution in [0.25, 0.3) is 0 Å². The molecule has 0 aromatic rings. The Hall–Kier alpha value is -0.120. The SMILES string of the molecule is COCC1(C)CC(C2CCCOC2)CN1. The van der Waals surface area contributed by atoms with Gasteiger partial charge in [-0.2, -0.15) is 0 Å². The molecule has 0 amide bonds. The molecule has 2 heterocycles. The molecule has 0 radical (unpaired) electrons. The smallest absolute Gasteiger partial charge is 0.0641 e. The highest BCUT2D eigenvalue weighted by Crippen LogP contribution is 2.33. The number of rotatable bonds is 3. The number of nitrogens with one attached hydrogen (secondary N) is 1. The Balaban J connectivity index is 1.85. The van der Waals surface area contributed by atoms with Crippen LogP contribution in [0, 0.1) is 11.8 Å². The molecule has 2 rings (SSSR count). The molecular weight excluding hydrogens is 190 g/mol. The zero-order valence-corrected chi connectivity index (χ0v) is 9.92. The van der Waals surface area contributed by atoms with Crippen LogP contribution in [-0.4, -0.2) is 39.0 Å². The van der Waals surface area contributed by atoms with Gasteiger partial charge in [-0.15, -0.1) is 0 Å². The summed E-state index contributed by atoms with van der Waals surface area (Å²) in [6, 6.07) is 0. The van der Waals surface area contributed by atoms with E-state index in [-0.39, 0.29) is 5.54 Å². The van der Waals surface area contributed by atoms with Crippen molar-refractivity contribution < 1.29 is 9.47 Å². The first-order valence-corrected chi connectivity index (χ1v) is 6.05. The molecule has 0 bridgehead atoms. The van der Waals surface area contributed by atoms with Crippen molar-refractivity contribution >= 4 is 0 Å². The molecular formula is C12H23NO2. The summed E-state index contributed by atoms with van der Waals surface area (Å²) in [4.78, 5) is 0. The highest BCUT2D eigenvalue weighted by Gasteiger charge is 2.38. The molecule has 3 heteroatoms. The van der Waals surface area contributed by atoms with Gasteiger partial charge in [0, 0.05) is 25.9 Å². The van der Waals surface area contributed by atoms with Gasteiger partial charge in [-0.05, 0) is 44.6 Å². The van der Waals surface area contributed by atoms with E-state index in [4.69, 9.17) is 9.47 Å². The van der Waals surface area contributed by atoms with Crippen LogP contribution in [0.4, 0.5) is 0 Å². The summed E-state index contributed by atoms with van der Waals surface area (Å²) in [6.07, 6.45) is 3.81. The van der Waals surface area contributed by atoms with E-state index in [1.165, 1.54) is 19.3 Å². The molecule has 3 atom stereocenters. The van der Waals surface area contributed by atoms with Crippen molar-refractivity contribution in [2.24, 2.45) is 11.8 Å². The van der Waals surface area contributed by atoms with Crippen LogP contribution in [0.3, 0.4) is 0 Å². The van der Waals surface area contributed by atoms with Crippen LogP contribution in [0.1, 0.15) is 26.2 Å². The van der Waals surface area contributed by atoms with Crippen molar-refractivity contribution in [3.8, 4) is 0 Å². The van der Waals surface area contributed by atoms with E-state index in [2.05, 4.69) is 12.2 Å². The van der Waals surface area contributed by atoms with Crippen molar-refractivity contribution in [3.05, 3.63) is 0 Å². The average Bonchev–Trinajstić information content (AvgIpc) is 2.63. The summed E-state index contributed by atoms with van der Waals surface area (Å²) in [7, 11) is 1.78. The van der Waals surface area contributed by atoms with Crippen LogP contribution < -0.4 is 5.32 Å². The summed E-state index contributed by atoms with van der Waals surface area (Å²) < 4.78 is 10.8. The molecule has 3 nitrogen and oxygen atoms in total. The van der Waals surface area contributed by atoms with Crippen LogP contribution in [0.5, 0.6) is 0 Å². The maximum Gasteiger partial charge on any atom is 0.0641 e. The zero-order valence-electron chi connectivity index (χ0n) is 9.92. The minimum absolute atomic E-state index is 0.191. The van der Waals surface area contributed by atoms with Gasteiger partial charge < -0.3 is 14.8 Å². The van der Waals surface area contributed by atoms with Gasteiger partial charge in [0.05, 0.1) is 6.61 Å². The third-order valence-electron chi connectivity index (χ3n) is 3.83. The van der Waals surface area contributed by atoms with Gasteiger partial charge in [0.1, 0.15) is 0 Å². The maximum atomic E-state index is 5.56. The lowest BCUT2D eigenvalue weighted by Gasteiger charge is -2.28. The summed E-state index contributed by atoms with van der Waals surface area (Å²) in [6.45, 7) is 6.15. The fourth-order valence-electron chi connectivity index (χ4n) is 3.00. The summed E-state index contributed by atoms with van der Waals surface area (Å²) in [5.74, 6) is 1.55. The number of ether oxygens (including phenoxy) is 2. The van der Waals surface area contributed by atoms with E-state index in [1.54, 1.807) is 7.11 Å². The van der Waals surface area contributed by atoms with Gasteiger partial charge in [-0.3, -0.25) is 0 Å². The third-order valence-corrected chi connectivity index (χ3v) is 3.83. The minimum Gasteiger partial charge on any atom is -0.383 e. The topological polar surface area (TPSA) is 30.5 Å². The summed E-state index contributed by atoms with van der Waals surface area (Å²) >= 11 is 0. The van der Waals surface area contributed by atoms with Gasteiger partial charge in [0.15, 0.2) is 0 Å². The fraction of sp³-hybridized carbons (Fsp3) is 1.00. The summed E-state index contributed by atoms with van der Waals surface area (Å²) in [5, 5.41) is 3.60. The van der Waals surface area contributed by atoms with E-state index in [1.807, 2.05) is 0 Å². The third kappa shape index (κ3) is 2.71. The zero-order chi connectivity index (χ0) is 10.7. The Bertz CT molecular complexity index is 204. The number of hydrogen-bond acceptors (Lipinski definition) is 3. The lowest BCUT2D eigenvalue weighted by atomic mass is 9.83. The lowest BCUT2D eigenvalue weighted by molar-refractivity contribution is 0.0315. The quantitative estimate of drug-likeness (QED) is 0.769. The summed E-state index contributed by atoms with van der Waals surface area (Å²) in [5.41, 5.74) is 0.191. The first-order chi connectivity index (χ1) is 7.23. The normalized spacial score (nSPS) is 42.0. The monoisotopic (exact) mass is 213 g/mol. The molecule has 3 unspecified atom stereocenters. The lowest BCUT2D eigenvalue weighted by Crippen LogP contribution is -2.40. The van der Waals surface area contributed by atoms with Crippen molar-refractivity contribution in [2.75, 3.05) is 33.5 Å². The second kappa shape index (κ2) is 4.81. The van der Waals surface area contributed by atoms with Crippen LogP contribution >= 0.6 is 0 Å². The first-order valence-electron chi connectivity index (χ1n) is 6.05. The van der Waals surface area contributed by atoms with E-state index < -0.39 is 0 Å². The van der Waals surface area contributed by atoms with Gasteiger partial charge in [-0.1, -0.05) is 0 Å². The van der Waals surface area contributed by atoms with E-state index in [0.717, 1.165) is 38.2 Å². The highest BCUT2D eigenvalue weighted by atomic mass is 16.5. The number of methoxy groups -OCH3 is 1. The largest absolute Gasteiger partial charge is 0.383 e. The second-order valence-electron chi connectivity index (χ2n) is 5.32. The van der Waals surface area contributed by atoms with Gasteiger partial charge in [0.2, 0.25) is 0 Å². The van der Waals surface area contributed by atoms with Crippen LogP contribution in [-0.2, 0) is 9.47 Å². The Kier molecular flexibility index (Phi) is 3.65. The molecule has 88 valence electrons. The van der Waals surface area contributed by atoms with Crippen molar-refractivity contribution in [2.45, 2.75) is 31.7 Å². The molecule has 2 aliphatic heterocycles. The van der Waals surface area contributed by atoms with E-state index >= 15 is 0 Å². The van der Waals surface area contributed by atoms with E-state index in [0.29, 0.717) is 0 Å². The standard InChI is InChI=1S/C12H23NO2/c1-12(9-14-2)6-11(7-13-12)10-4-3-5-15-8-10/h10-11,13H,3-9H2,1-2H3. The molecule has 1 N–H and O–H groups in total. The minimum atomic E-state index is 0.191. The highest BCUT2D eigenvalue weighted by molar-refractivity contribution is 4.95. The van der Waals surface area contributed by atoms with Crippen LogP contribution in [0.15, 0.2) is 0 Å². The number of hydrogen-bond donors (Lipinski definition) is 1. The molecule has 0 aromatic heterocycles. The second-order valence-corrected chi connectivity index (χ2v) is 5.32. The van der Waals surface area contributed by atoms with Crippen molar-refractivity contribution in [3.63, 3.8) is 0 Å². The Morgan fingerprint density at radius 1 is 1.47 bits per heavy atom.